The number of ether oxygens (including phenoxy) is 5. The van der Waals surface area contributed by atoms with E-state index in [0.717, 1.165) is 0 Å². The maximum atomic E-state index is 12.3. The Bertz CT molecular complexity index is 590. The molecule has 0 unspecified atom stereocenters. The molecule has 31 heavy (non-hydrogen) atoms. The molecule has 0 amide bonds. The van der Waals surface area contributed by atoms with Crippen molar-refractivity contribution < 1.29 is 42.9 Å². The van der Waals surface area contributed by atoms with Crippen LogP contribution in [0.5, 0.6) is 0 Å². The van der Waals surface area contributed by atoms with Crippen molar-refractivity contribution >= 4 is 23.9 Å². The van der Waals surface area contributed by atoms with Crippen LogP contribution in [0.2, 0.25) is 0 Å². The molecule has 0 N–H and O–H groups in total. The third kappa shape index (κ3) is 9.67. The van der Waals surface area contributed by atoms with Gasteiger partial charge in [-0.3, -0.25) is 19.2 Å². The smallest absolute Gasteiger partial charge is 0.306 e. The summed E-state index contributed by atoms with van der Waals surface area (Å²) in [7, 11) is 0. The first-order chi connectivity index (χ1) is 14.9. The third-order valence-electron chi connectivity index (χ3n) is 4.57. The molecule has 1 saturated heterocycles. The highest BCUT2D eigenvalue weighted by molar-refractivity contribution is 5.72. The molecule has 4 atom stereocenters. The summed E-state index contributed by atoms with van der Waals surface area (Å²) in [6, 6.07) is 0. The molecule has 1 aliphatic rings. The van der Waals surface area contributed by atoms with E-state index in [0.29, 0.717) is 25.7 Å². The van der Waals surface area contributed by atoms with Crippen molar-refractivity contribution in [3.63, 3.8) is 0 Å². The molecule has 0 aromatic carbocycles. The Labute approximate surface area is 184 Å². The van der Waals surface area contributed by atoms with Crippen LogP contribution in [0.3, 0.4) is 0 Å². The Morgan fingerprint density at radius 3 is 1.65 bits per heavy atom. The van der Waals surface area contributed by atoms with Crippen molar-refractivity contribution in [1.29, 1.82) is 0 Å². The van der Waals surface area contributed by atoms with Crippen LogP contribution < -0.4 is 0 Å². The van der Waals surface area contributed by atoms with Crippen molar-refractivity contribution in [2.75, 3.05) is 13.2 Å². The van der Waals surface area contributed by atoms with Gasteiger partial charge in [-0.15, -0.1) is 0 Å². The second kappa shape index (κ2) is 14.8. The van der Waals surface area contributed by atoms with Crippen molar-refractivity contribution in [2.24, 2.45) is 0 Å². The van der Waals surface area contributed by atoms with Gasteiger partial charge in [0.15, 0.2) is 18.3 Å². The van der Waals surface area contributed by atoms with Gasteiger partial charge in [-0.25, -0.2) is 0 Å². The molecule has 0 saturated carbocycles. The standard InChI is InChI=1S/C22H36O9/c1-5-9-17(23)28-13-15-21(30-19(25)11-7-3)22(31-20(26)12-8-4)16(14-27-15)29-18(24)10-6-2/h15-16,21-22H,5-14H2,1-4H3/t15-,16+,21-,22-/m1/s1. The normalized spacial score (nSPS) is 23.0. The first-order valence-electron chi connectivity index (χ1n) is 11.2. The van der Waals surface area contributed by atoms with Crippen LogP contribution >= 0.6 is 0 Å². The maximum Gasteiger partial charge on any atom is 0.306 e. The summed E-state index contributed by atoms with van der Waals surface area (Å²) in [4.78, 5) is 48.4. The maximum absolute atomic E-state index is 12.3. The second-order valence-electron chi connectivity index (χ2n) is 7.49. The molecule has 1 aliphatic heterocycles. The molecule has 0 aliphatic carbocycles. The fraction of sp³-hybridized carbons (Fsp3) is 0.818. The van der Waals surface area contributed by atoms with E-state index < -0.39 is 48.3 Å². The van der Waals surface area contributed by atoms with Crippen LogP contribution in [-0.2, 0) is 42.9 Å². The zero-order chi connectivity index (χ0) is 23.2. The predicted molar refractivity (Wildman–Crippen MR) is 110 cm³/mol. The van der Waals surface area contributed by atoms with Gasteiger partial charge in [0.25, 0.3) is 0 Å². The molecule has 0 spiro atoms. The molecule has 0 bridgehead atoms. The van der Waals surface area contributed by atoms with Gasteiger partial charge in [0, 0.05) is 25.7 Å². The van der Waals surface area contributed by atoms with E-state index in [9.17, 15) is 19.2 Å². The average molecular weight is 445 g/mol. The van der Waals surface area contributed by atoms with Crippen LogP contribution in [0.15, 0.2) is 0 Å². The zero-order valence-corrected chi connectivity index (χ0v) is 19.1. The highest BCUT2D eigenvalue weighted by Crippen LogP contribution is 2.26. The lowest BCUT2D eigenvalue weighted by molar-refractivity contribution is -0.233. The van der Waals surface area contributed by atoms with Crippen molar-refractivity contribution in [2.45, 2.75) is 103 Å². The number of esters is 4. The fourth-order valence-corrected chi connectivity index (χ4v) is 3.07. The van der Waals surface area contributed by atoms with E-state index in [2.05, 4.69) is 0 Å². The summed E-state index contributed by atoms with van der Waals surface area (Å²) in [6.45, 7) is 7.12. The predicted octanol–water partition coefficient (Wildman–Crippen LogP) is 2.86. The summed E-state index contributed by atoms with van der Waals surface area (Å²) in [5.74, 6) is -1.86. The van der Waals surface area contributed by atoms with Gasteiger partial charge in [-0.2, -0.15) is 0 Å². The van der Waals surface area contributed by atoms with E-state index in [1.165, 1.54) is 0 Å². The van der Waals surface area contributed by atoms with E-state index >= 15 is 0 Å². The Kier molecular flexibility index (Phi) is 12.8. The van der Waals surface area contributed by atoms with E-state index in [1.807, 2.05) is 27.7 Å². The minimum Gasteiger partial charge on any atom is -0.463 e. The lowest BCUT2D eigenvalue weighted by atomic mass is 9.99. The SMILES string of the molecule is CCCC(=O)OC[C@H]1OC[C@H](OC(=O)CCC)[C@@H](OC(=O)CCC)[C@@H]1OC(=O)CCC. The van der Waals surface area contributed by atoms with Crippen LogP contribution in [0.25, 0.3) is 0 Å². The lowest BCUT2D eigenvalue weighted by Crippen LogP contribution is -2.59. The van der Waals surface area contributed by atoms with E-state index in [-0.39, 0.29) is 38.9 Å². The highest BCUT2D eigenvalue weighted by Gasteiger charge is 2.47. The zero-order valence-electron chi connectivity index (χ0n) is 19.1. The van der Waals surface area contributed by atoms with E-state index in [4.69, 9.17) is 23.7 Å². The summed E-state index contributed by atoms with van der Waals surface area (Å²) in [6.07, 6.45) is -0.755. The number of hydrogen-bond acceptors (Lipinski definition) is 9. The Morgan fingerprint density at radius 1 is 0.677 bits per heavy atom. The van der Waals surface area contributed by atoms with Crippen LogP contribution in [-0.4, -0.2) is 61.5 Å². The number of carbonyl (C=O) groups excluding carboxylic acids is 4. The second-order valence-corrected chi connectivity index (χ2v) is 7.49. The summed E-state index contributed by atoms with van der Waals surface area (Å²) < 4.78 is 27.6. The Hall–Kier alpha value is -2.16. The topological polar surface area (TPSA) is 114 Å². The Balaban J connectivity index is 3.08. The van der Waals surface area contributed by atoms with Gasteiger partial charge in [-0.1, -0.05) is 27.7 Å². The molecule has 9 heteroatoms. The van der Waals surface area contributed by atoms with Crippen molar-refractivity contribution in [3.05, 3.63) is 0 Å². The molecular formula is C22H36O9. The average Bonchev–Trinajstić information content (AvgIpc) is 2.70. The van der Waals surface area contributed by atoms with Crippen LogP contribution in [0, 0.1) is 0 Å². The van der Waals surface area contributed by atoms with Crippen molar-refractivity contribution in [3.8, 4) is 0 Å². The monoisotopic (exact) mass is 444 g/mol. The molecular weight excluding hydrogens is 408 g/mol. The van der Waals surface area contributed by atoms with Gasteiger partial charge in [-0.05, 0) is 25.7 Å². The number of rotatable bonds is 13. The minimum absolute atomic E-state index is 0.0721. The van der Waals surface area contributed by atoms with Gasteiger partial charge in [0.1, 0.15) is 12.7 Å². The summed E-state index contributed by atoms with van der Waals surface area (Å²) >= 11 is 0. The van der Waals surface area contributed by atoms with Gasteiger partial charge in [0.05, 0.1) is 6.61 Å². The minimum atomic E-state index is -1.07. The molecule has 178 valence electrons. The van der Waals surface area contributed by atoms with Gasteiger partial charge < -0.3 is 23.7 Å². The fourth-order valence-electron chi connectivity index (χ4n) is 3.07. The quantitative estimate of drug-likeness (QED) is 0.312. The van der Waals surface area contributed by atoms with Crippen LogP contribution in [0.4, 0.5) is 0 Å². The third-order valence-corrected chi connectivity index (χ3v) is 4.57. The number of carbonyl (C=O) groups is 4. The summed E-state index contributed by atoms with van der Waals surface area (Å²) in [5, 5.41) is 0. The van der Waals surface area contributed by atoms with Crippen LogP contribution in [0.1, 0.15) is 79.1 Å². The molecule has 0 radical (unpaired) electrons. The molecule has 1 rings (SSSR count). The molecule has 1 heterocycles. The molecule has 9 nitrogen and oxygen atoms in total. The van der Waals surface area contributed by atoms with Gasteiger partial charge >= 0.3 is 23.9 Å². The van der Waals surface area contributed by atoms with Crippen molar-refractivity contribution in [1.82, 2.24) is 0 Å². The molecule has 1 fully saturated rings. The first kappa shape index (κ1) is 26.9. The lowest BCUT2D eigenvalue weighted by Gasteiger charge is -2.40. The highest BCUT2D eigenvalue weighted by atomic mass is 16.7. The van der Waals surface area contributed by atoms with Gasteiger partial charge in [0.2, 0.25) is 0 Å². The number of hydrogen-bond donors (Lipinski definition) is 0. The largest absolute Gasteiger partial charge is 0.463 e. The summed E-state index contributed by atoms with van der Waals surface area (Å²) in [5.41, 5.74) is 0. The van der Waals surface area contributed by atoms with E-state index in [1.54, 1.807) is 0 Å². The molecule has 0 aromatic rings. The molecule has 0 aromatic heterocycles. The first-order valence-corrected chi connectivity index (χ1v) is 11.2. The Morgan fingerprint density at radius 2 is 1.13 bits per heavy atom.